The van der Waals surface area contributed by atoms with Gasteiger partial charge in [-0.05, 0) is 59.5 Å². The van der Waals surface area contributed by atoms with Gasteiger partial charge in [-0.3, -0.25) is 0 Å². The number of hydrogen-bond acceptors (Lipinski definition) is 3. The molecule has 1 N–H and O–H groups in total. The number of rotatable bonds is 9. The molecule has 0 aliphatic carbocycles. The first-order valence-electron chi connectivity index (χ1n) is 10.1. The summed E-state index contributed by atoms with van der Waals surface area (Å²) >= 11 is 3.45. The molecule has 3 nitrogen and oxygen atoms in total. The van der Waals surface area contributed by atoms with Gasteiger partial charge >= 0.3 is 0 Å². The first-order valence-corrected chi connectivity index (χ1v) is 10.9. The van der Waals surface area contributed by atoms with Crippen LogP contribution in [0, 0.1) is 5.92 Å². The van der Waals surface area contributed by atoms with Gasteiger partial charge < -0.3 is 14.7 Å². The molecule has 0 fully saturated rings. The molecule has 0 bridgehead atoms. The van der Waals surface area contributed by atoms with Crippen LogP contribution < -0.4 is 9.64 Å². The highest BCUT2D eigenvalue weighted by Gasteiger charge is 2.10. The third-order valence-electron chi connectivity index (χ3n) is 4.94. The minimum Gasteiger partial charge on any atom is -0.493 e. The van der Waals surface area contributed by atoms with Gasteiger partial charge in [-0.2, -0.15) is 0 Å². The number of anilines is 1. The zero-order chi connectivity index (χ0) is 21.3. The number of aliphatic hydroxyl groups excluding tert-OH is 1. The van der Waals surface area contributed by atoms with E-state index in [1.54, 1.807) is 0 Å². The minimum absolute atomic E-state index is 0.0656. The molecular formula is C26H28BrNO2. The van der Waals surface area contributed by atoms with Gasteiger partial charge in [0.1, 0.15) is 5.75 Å². The lowest BCUT2D eigenvalue weighted by molar-refractivity contribution is 0.162. The molecule has 3 rings (SSSR count). The predicted molar refractivity (Wildman–Crippen MR) is 130 cm³/mol. The topological polar surface area (TPSA) is 32.7 Å². The summed E-state index contributed by atoms with van der Waals surface area (Å²) in [6.45, 7) is 0.587. The van der Waals surface area contributed by atoms with E-state index in [9.17, 15) is 5.11 Å². The Bertz CT molecular complexity index is 932. The lowest BCUT2D eigenvalue weighted by Crippen LogP contribution is -2.18. The molecule has 3 aromatic rings. The maximum absolute atomic E-state index is 9.69. The molecule has 1 atom stereocenters. The second-order valence-electron chi connectivity index (χ2n) is 7.58. The van der Waals surface area contributed by atoms with E-state index >= 15 is 0 Å². The van der Waals surface area contributed by atoms with Gasteiger partial charge in [0.25, 0.3) is 0 Å². The lowest BCUT2D eigenvalue weighted by atomic mass is 10.0. The summed E-state index contributed by atoms with van der Waals surface area (Å²) in [6.07, 6.45) is 4.99. The van der Waals surface area contributed by atoms with E-state index in [4.69, 9.17) is 4.74 Å². The Morgan fingerprint density at radius 2 is 1.43 bits per heavy atom. The SMILES string of the molecule is CN(C)c1ccc(/C=C/c2ccc(OCC(CO)Cc3ccc(Br)cc3)cc2)cc1. The van der Waals surface area contributed by atoms with E-state index in [1.807, 2.05) is 50.5 Å². The second kappa shape index (κ2) is 11.0. The Kier molecular flexibility index (Phi) is 8.12. The fourth-order valence-corrected chi connectivity index (χ4v) is 3.36. The molecule has 0 aliphatic rings. The third kappa shape index (κ3) is 6.75. The molecule has 0 aromatic heterocycles. The largest absolute Gasteiger partial charge is 0.493 e. The monoisotopic (exact) mass is 465 g/mol. The second-order valence-corrected chi connectivity index (χ2v) is 8.49. The van der Waals surface area contributed by atoms with Crippen molar-refractivity contribution < 1.29 is 9.84 Å². The predicted octanol–water partition coefficient (Wildman–Crippen LogP) is 5.92. The molecule has 3 aromatic carbocycles. The van der Waals surface area contributed by atoms with Crippen molar-refractivity contribution in [3.8, 4) is 5.75 Å². The highest BCUT2D eigenvalue weighted by Crippen LogP contribution is 2.19. The highest BCUT2D eigenvalue weighted by atomic mass is 79.9. The van der Waals surface area contributed by atoms with Crippen molar-refractivity contribution in [2.24, 2.45) is 5.92 Å². The molecule has 0 saturated carbocycles. The van der Waals surface area contributed by atoms with Crippen LogP contribution in [0.15, 0.2) is 77.3 Å². The normalized spacial score (nSPS) is 12.1. The number of aliphatic hydroxyl groups is 1. The van der Waals surface area contributed by atoms with Crippen molar-refractivity contribution >= 4 is 33.8 Å². The molecule has 156 valence electrons. The Balaban J connectivity index is 1.52. The summed E-state index contributed by atoms with van der Waals surface area (Å²) < 4.78 is 6.97. The van der Waals surface area contributed by atoms with Crippen LogP contribution in [0.5, 0.6) is 5.75 Å². The van der Waals surface area contributed by atoms with Crippen molar-refractivity contribution in [1.29, 1.82) is 0 Å². The third-order valence-corrected chi connectivity index (χ3v) is 5.47. The van der Waals surface area contributed by atoms with Crippen molar-refractivity contribution in [2.45, 2.75) is 6.42 Å². The van der Waals surface area contributed by atoms with Crippen molar-refractivity contribution in [2.75, 3.05) is 32.2 Å². The van der Waals surface area contributed by atoms with Gasteiger partial charge in [-0.15, -0.1) is 0 Å². The maximum Gasteiger partial charge on any atom is 0.119 e. The Labute approximate surface area is 187 Å². The van der Waals surface area contributed by atoms with Gasteiger partial charge in [0.2, 0.25) is 0 Å². The molecule has 4 heteroatoms. The molecule has 30 heavy (non-hydrogen) atoms. The summed E-state index contributed by atoms with van der Waals surface area (Å²) in [5.41, 5.74) is 4.67. The number of halogens is 1. The summed E-state index contributed by atoms with van der Waals surface area (Å²) in [6, 6.07) is 24.7. The molecule has 0 saturated heterocycles. The molecule has 0 aliphatic heterocycles. The van der Waals surface area contributed by atoms with E-state index < -0.39 is 0 Å². The van der Waals surface area contributed by atoms with Crippen molar-refractivity contribution in [3.05, 3.63) is 94.0 Å². The van der Waals surface area contributed by atoms with Gasteiger partial charge in [-0.25, -0.2) is 0 Å². The van der Waals surface area contributed by atoms with Crippen LogP contribution in [0.2, 0.25) is 0 Å². The summed E-state index contributed by atoms with van der Waals surface area (Å²) in [5, 5.41) is 9.69. The number of nitrogens with zero attached hydrogens (tertiary/aromatic N) is 1. The minimum atomic E-state index is 0.0656. The van der Waals surface area contributed by atoms with Crippen molar-refractivity contribution in [1.82, 2.24) is 0 Å². The smallest absolute Gasteiger partial charge is 0.119 e. The van der Waals surface area contributed by atoms with Crippen LogP contribution >= 0.6 is 15.9 Å². The van der Waals surface area contributed by atoms with E-state index in [1.165, 1.54) is 16.8 Å². The zero-order valence-corrected chi connectivity index (χ0v) is 19.0. The summed E-state index contributed by atoms with van der Waals surface area (Å²) in [4.78, 5) is 2.09. The van der Waals surface area contributed by atoms with Crippen LogP contribution in [0.1, 0.15) is 16.7 Å². The molecule has 1 unspecified atom stereocenters. The summed E-state index contributed by atoms with van der Waals surface area (Å²) in [7, 11) is 4.08. The summed E-state index contributed by atoms with van der Waals surface area (Å²) in [5.74, 6) is 0.882. The molecule has 0 heterocycles. The van der Waals surface area contributed by atoms with Crippen LogP contribution in [0.4, 0.5) is 5.69 Å². The fourth-order valence-electron chi connectivity index (χ4n) is 3.10. The van der Waals surface area contributed by atoms with E-state index in [2.05, 4.69) is 69.4 Å². The molecule has 0 spiro atoms. The molecule has 0 radical (unpaired) electrons. The van der Waals surface area contributed by atoms with E-state index in [0.29, 0.717) is 6.61 Å². The lowest BCUT2D eigenvalue weighted by Gasteiger charge is -2.15. The Hall–Kier alpha value is -2.56. The van der Waals surface area contributed by atoms with Crippen LogP contribution in [0.3, 0.4) is 0 Å². The van der Waals surface area contributed by atoms with Crippen LogP contribution in [-0.4, -0.2) is 32.4 Å². The fraction of sp³-hybridized carbons (Fsp3) is 0.231. The van der Waals surface area contributed by atoms with Gasteiger partial charge in [0.05, 0.1) is 6.61 Å². The number of benzene rings is 3. The van der Waals surface area contributed by atoms with E-state index in [-0.39, 0.29) is 12.5 Å². The Morgan fingerprint density at radius 3 is 1.97 bits per heavy atom. The maximum atomic E-state index is 9.69. The van der Waals surface area contributed by atoms with E-state index in [0.717, 1.165) is 22.2 Å². The van der Waals surface area contributed by atoms with Crippen LogP contribution in [-0.2, 0) is 6.42 Å². The highest BCUT2D eigenvalue weighted by molar-refractivity contribution is 9.10. The standard InChI is InChI=1S/C26H28BrNO2/c1-28(2)25-13-7-20(8-14-25)3-4-21-9-15-26(16-10-21)30-19-23(18-29)17-22-5-11-24(27)12-6-22/h3-16,23,29H,17-19H2,1-2H3/b4-3+. The first kappa shape index (κ1) is 22.1. The molecule has 0 amide bonds. The number of hydrogen-bond donors (Lipinski definition) is 1. The van der Waals surface area contributed by atoms with Gasteiger partial charge in [0, 0.05) is 36.8 Å². The zero-order valence-electron chi connectivity index (χ0n) is 17.5. The number of ether oxygens (including phenoxy) is 1. The van der Waals surface area contributed by atoms with Crippen LogP contribution in [0.25, 0.3) is 12.2 Å². The quantitative estimate of drug-likeness (QED) is 0.398. The average molecular weight is 466 g/mol. The molecular weight excluding hydrogens is 438 g/mol. The first-order chi connectivity index (χ1) is 14.5. The van der Waals surface area contributed by atoms with Gasteiger partial charge in [0.15, 0.2) is 0 Å². The Morgan fingerprint density at radius 1 is 0.867 bits per heavy atom. The van der Waals surface area contributed by atoms with Crippen molar-refractivity contribution in [3.63, 3.8) is 0 Å². The average Bonchev–Trinajstić information content (AvgIpc) is 2.77. The van der Waals surface area contributed by atoms with Gasteiger partial charge in [-0.1, -0.05) is 64.5 Å².